The number of pyridine rings is 1. The standard InChI is InChI=1S/C62H60N14O9S6/c1-30-45(78)24-76-50(30)60-70-43(28-90-60)57-67-40(25-87-57)48-36(14-15-37(64-48)56-71-44(29-88-56)61(84)75-20-16-34(17-21-75)74-18-6-7-19-74)55-68-41(26-86-55)52(81)65-38(23-46(63)79)58-73-47(31(2)91-58)54(83)72-49(51(80)33-8-4-3-5-9-33)59-69-42(27-89-59)53(82)66-39(62(76)85)22-32-10-12-35(77)13-11-32/h3-5,8-15,25-30,34,38-39,45,49-51,77-78,80H,6-7,16-24H2,1-2H3,(H2,63,79)(H,65,81)(H,66,82)(H,72,83)/t30-,38-,39-,45-,49-,50-,51+/m0/s1. The molecule has 7 atom stereocenters. The Morgan fingerprint density at radius 1 is 0.659 bits per heavy atom. The highest BCUT2D eigenvalue weighted by molar-refractivity contribution is 7.15. The fraction of sp³-hybridized carbons (Fsp3) is 0.339. The predicted molar refractivity (Wildman–Crippen MR) is 346 cm³/mol. The van der Waals surface area contributed by atoms with E-state index in [0.29, 0.717) is 89.2 Å². The van der Waals surface area contributed by atoms with Crippen molar-refractivity contribution in [3.63, 3.8) is 0 Å². The summed E-state index contributed by atoms with van der Waals surface area (Å²) in [4.78, 5) is 126. The Morgan fingerprint density at radius 2 is 1.31 bits per heavy atom. The van der Waals surface area contributed by atoms with E-state index in [-0.39, 0.29) is 58.1 Å². The average molecular weight is 1340 g/mol. The number of nitrogens with one attached hydrogen (secondary N) is 3. The van der Waals surface area contributed by atoms with E-state index in [1.54, 1.807) is 66.2 Å². The van der Waals surface area contributed by atoms with E-state index in [1.165, 1.54) is 80.6 Å². The summed E-state index contributed by atoms with van der Waals surface area (Å²) in [5.74, 6) is -4.05. The molecule has 4 aliphatic rings. The lowest BCUT2D eigenvalue weighted by Gasteiger charge is -2.36. The Kier molecular flexibility index (Phi) is 17.8. The number of phenols is 1. The number of phenolic OH excluding ortho intramolecular Hbond substituents is 1. The Labute approximate surface area is 545 Å². The maximum absolute atomic E-state index is 15.2. The molecule has 13 rings (SSSR count). The highest BCUT2D eigenvalue weighted by atomic mass is 32.1. The summed E-state index contributed by atoms with van der Waals surface area (Å²) < 4.78 is 0. The van der Waals surface area contributed by atoms with Crippen LogP contribution < -0.4 is 21.7 Å². The van der Waals surface area contributed by atoms with Crippen molar-refractivity contribution >= 4 is 103 Å². The Bertz CT molecular complexity index is 4210. The van der Waals surface area contributed by atoms with Crippen molar-refractivity contribution < 1.29 is 44.1 Å². The second-order valence-corrected chi connectivity index (χ2v) is 28.4. The first-order valence-corrected chi connectivity index (χ1v) is 34.7. The van der Waals surface area contributed by atoms with Gasteiger partial charge in [-0.15, -0.1) is 68.0 Å². The van der Waals surface area contributed by atoms with Crippen LogP contribution in [0.1, 0.15) is 136 Å². The number of aromatic hydroxyl groups is 1. The number of fused-ring (bicyclic) bond motifs is 16. The van der Waals surface area contributed by atoms with Gasteiger partial charge in [-0.25, -0.2) is 34.9 Å². The van der Waals surface area contributed by atoms with E-state index in [0.717, 1.165) is 48.6 Å². The molecule has 3 saturated heterocycles. The summed E-state index contributed by atoms with van der Waals surface area (Å²) >= 11 is 7.13. The molecule has 7 aromatic heterocycles. The molecule has 0 spiro atoms. The molecule has 4 aliphatic heterocycles. The maximum Gasteiger partial charge on any atom is 0.273 e. The van der Waals surface area contributed by atoms with E-state index in [4.69, 9.17) is 30.7 Å². The Morgan fingerprint density at radius 3 is 2.07 bits per heavy atom. The summed E-state index contributed by atoms with van der Waals surface area (Å²) in [7, 11) is 0. The normalized spacial score (nSPS) is 21.5. The highest BCUT2D eigenvalue weighted by Crippen LogP contribution is 2.43. The minimum Gasteiger partial charge on any atom is -0.508 e. The third-order valence-corrected chi connectivity index (χ3v) is 22.4. The molecule has 8 N–H and O–H groups in total. The minimum atomic E-state index is -1.40. The molecule has 2 aromatic carbocycles. The molecule has 10 bridgehead atoms. The SMILES string of the molecule is Cc1sc2nc1C(=O)N[C@@H]([C@H](O)c1ccccc1)c1nc(cs1)C(=O)N[C@@H](Cc1ccc(O)cc1)C(=O)N1C[C@H](O)[C@H](C)[C@H]1c1nc(cs1)-c1nc(cs1)-c1nc(-c3nc(C(=O)N4CCC(N5CCCC5)CC4)cs3)ccc1-c1nc(cs1)C(=O)N[C@H]2CC(N)=O. The smallest absolute Gasteiger partial charge is 0.273 e. The number of rotatable bonds is 9. The monoisotopic (exact) mass is 1340 g/mol. The number of carbonyl (C=O) groups excluding carboxylic acids is 6. The lowest BCUT2D eigenvalue weighted by atomic mass is 10.00. The van der Waals surface area contributed by atoms with Crippen LogP contribution in [-0.4, -0.2) is 151 Å². The van der Waals surface area contributed by atoms with Gasteiger partial charge >= 0.3 is 0 Å². The molecule has 91 heavy (non-hydrogen) atoms. The van der Waals surface area contributed by atoms with Gasteiger partial charge in [-0.3, -0.25) is 28.8 Å². The number of primary amides is 1. The van der Waals surface area contributed by atoms with Gasteiger partial charge < -0.3 is 51.7 Å². The second kappa shape index (κ2) is 26.2. The number of hydrogen-bond acceptors (Lipinski definition) is 23. The van der Waals surface area contributed by atoms with Gasteiger partial charge in [0, 0.05) is 75.4 Å². The number of carbonyl (C=O) groups is 6. The minimum absolute atomic E-state index is 0.000842. The first-order valence-electron chi connectivity index (χ1n) is 29.5. The van der Waals surface area contributed by atoms with Crippen molar-refractivity contribution in [2.75, 3.05) is 32.7 Å². The highest BCUT2D eigenvalue weighted by Gasteiger charge is 2.46. The first-order chi connectivity index (χ1) is 44.0. The van der Waals surface area contributed by atoms with Gasteiger partial charge in [0.05, 0.1) is 30.3 Å². The number of likely N-dealkylation sites (tertiary alicyclic amines) is 2. The summed E-state index contributed by atoms with van der Waals surface area (Å²) in [5.41, 5.74) is 9.26. The summed E-state index contributed by atoms with van der Waals surface area (Å²) in [5, 5.41) is 53.1. The van der Waals surface area contributed by atoms with Gasteiger partial charge in [-0.05, 0) is 81.1 Å². The number of aromatic nitrogens is 7. The predicted octanol–water partition coefficient (Wildman–Crippen LogP) is 7.99. The van der Waals surface area contributed by atoms with Gasteiger partial charge in [0.2, 0.25) is 11.8 Å². The van der Waals surface area contributed by atoms with Gasteiger partial charge in [0.25, 0.3) is 23.6 Å². The van der Waals surface area contributed by atoms with Gasteiger partial charge in [0.1, 0.15) is 93.8 Å². The molecule has 9 aromatic rings. The van der Waals surface area contributed by atoms with E-state index >= 15 is 4.79 Å². The van der Waals surface area contributed by atoms with Crippen molar-refractivity contribution in [3.05, 3.63) is 147 Å². The number of benzene rings is 2. The van der Waals surface area contributed by atoms with Crippen LogP contribution in [0.5, 0.6) is 5.75 Å². The molecular formula is C62H60N14O9S6. The molecule has 468 valence electrons. The van der Waals surface area contributed by atoms with E-state index in [2.05, 4.69) is 30.8 Å². The van der Waals surface area contributed by atoms with Crippen LogP contribution in [0.25, 0.3) is 43.4 Å². The topological polar surface area (TPSA) is 325 Å². The molecule has 11 heterocycles. The maximum atomic E-state index is 15.2. The van der Waals surface area contributed by atoms with Crippen LogP contribution in [0.4, 0.5) is 0 Å². The number of thiazole rings is 6. The molecule has 0 saturated carbocycles. The number of hydrogen-bond donors (Lipinski definition) is 7. The number of aliphatic hydroxyl groups excluding tert-OH is 2. The van der Waals surface area contributed by atoms with Crippen LogP contribution in [0.2, 0.25) is 0 Å². The van der Waals surface area contributed by atoms with E-state index in [1.807, 2.05) is 28.7 Å². The number of piperidine rings is 1. The van der Waals surface area contributed by atoms with Crippen LogP contribution in [-0.2, 0) is 16.0 Å². The third-order valence-electron chi connectivity index (χ3n) is 16.8. The fourth-order valence-corrected chi connectivity index (χ4v) is 17.3. The summed E-state index contributed by atoms with van der Waals surface area (Å²) in [6, 6.07) is 14.5. The summed E-state index contributed by atoms with van der Waals surface area (Å²) in [6.45, 7) is 6.92. The number of aryl methyl sites for hydroxylation is 1. The van der Waals surface area contributed by atoms with Crippen LogP contribution in [0.3, 0.4) is 0 Å². The molecule has 0 radical (unpaired) electrons. The van der Waals surface area contributed by atoms with E-state index < -0.39 is 71.8 Å². The zero-order valence-corrected chi connectivity index (χ0v) is 53.8. The van der Waals surface area contributed by atoms with Crippen molar-refractivity contribution in [1.29, 1.82) is 0 Å². The van der Waals surface area contributed by atoms with Gasteiger partial charge in [-0.1, -0.05) is 49.4 Å². The van der Waals surface area contributed by atoms with Crippen molar-refractivity contribution in [3.8, 4) is 49.1 Å². The van der Waals surface area contributed by atoms with Crippen LogP contribution >= 0.6 is 68.0 Å². The van der Waals surface area contributed by atoms with Crippen LogP contribution in [0, 0.1) is 12.8 Å². The van der Waals surface area contributed by atoms with E-state index in [9.17, 15) is 39.3 Å². The molecule has 0 unspecified atom stereocenters. The first kappa shape index (κ1) is 61.7. The molecule has 23 nitrogen and oxygen atoms in total. The average Bonchev–Trinajstić information content (AvgIpc) is 1.70. The fourth-order valence-electron chi connectivity index (χ4n) is 12.0. The zero-order valence-electron chi connectivity index (χ0n) is 48.9. The zero-order chi connectivity index (χ0) is 63.2. The van der Waals surface area contributed by atoms with Crippen molar-refractivity contribution in [1.82, 2.24) is 65.5 Å². The second-order valence-electron chi connectivity index (χ2n) is 22.8. The lowest BCUT2D eigenvalue weighted by molar-refractivity contribution is -0.134. The quantitative estimate of drug-likeness (QED) is 0.0720. The largest absolute Gasteiger partial charge is 0.508 e. The third kappa shape index (κ3) is 12.9. The number of nitrogens with two attached hydrogens (primary N) is 1. The Balaban J connectivity index is 0.878. The van der Waals surface area contributed by atoms with Gasteiger partial charge in [0.15, 0.2) is 0 Å². The van der Waals surface area contributed by atoms with Crippen molar-refractivity contribution in [2.45, 2.75) is 94.8 Å². The molecule has 6 amide bonds. The molecule has 29 heteroatoms. The summed E-state index contributed by atoms with van der Waals surface area (Å²) in [6.07, 6.45) is 1.47. The van der Waals surface area contributed by atoms with Gasteiger partial charge in [-0.2, -0.15) is 0 Å². The number of aliphatic hydroxyl groups is 2. The van der Waals surface area contributed by atoms with Crippen LogP contribution in [0.15, 0.2) is 93.6 Å². The number of nitrogens with zero attached hydrogens (tertiary/aromatic N) is 10. The Hall–Kier alpha value is -8.13. The molecular weight excluding hydrogens is 1280 g/mol. The van der Waals surface area contributed by atoms with Crippen molar-refractivity contribution in [2.24, 2.45) is 11.7 Å². The molecule has 0 aliphatic carbocycles. The lowest BCUT2D eigenvalue weighted by Crippen LogP contribution is -2.50. The number of amides is 6. The molecule has 3 fully saturated rings.